The number of rotatable bonds is 4. The van der Waals surface area contributed by atoms with E-state index < -0.39 is 0 Å². The lowest BCUT2D eigenvalue weighted by molar-refractivity contribution is 0.589. The molecular formula is C15H16ClFN2. The number of pyridine rings is 1. The Morgan fingerprint density at radius 1 is 1.32 bits per heavy atom. The van der Waals surface area contributed by atoms with Crippen LogP contribution in [0, 0.1) is 5.82 Å². The van der Waals surface area contributed by atoms with Gasteiger partial charge in [-0.25, -0.2) is 4.39 Å². The first-order chi connectivity index (χ1) is 9.08. The number of nitrogens with zero attached hydrogens (tertiary/aromatic N) is 1. The van der Waals surface area contributed by atoms with Crippen molar-refractivity contribution in [2.24, 2.45) is 0 Å². The lowest BCUT2D eigenvalue weighted by atomic mass is 10.0. The van der Waals surface area contributed by atoms with Crippen LogP contribution in [0.2, 0.25) is 5.02 Å². The lowest BCUT2D eigenvalue weighted by Crippen LogP contribution is -2.22. The van der Waals surface area contributed by atoms with Gasteiger partial charge in [0, 0.05) is 29.4 Å². The van der Waals surface area contributed by atoms with Gasteiger partial charge in [0.05, 0.1) is 6.20 Å². The molecule has 1 heterocycles. The predicted octanol–water partition coefficient (Wildman–Crippen LogP) is 4.04. The van der Waals surface area contributed by atoms with Gasteiger partial charge in [-0.2, -0.15) is 0 Å². The normalized spacial score (nSPS) is 11.0. The number of halogens is 2. The standard InChI is InChI=1S/C15H16ClFN2/c1-10(2)19-8-12-7-11(3-4-14(12)16)13-5-6-18-9-15(13)17/h3-7,9-10,19H,8H2,1-2H3. The van der Waals surface area contributed by atoms with E-state index in [0.717, 1.165) is 11.1 Å². The highest BCUT2D eigenvalue weighted by atomic mass is 35.5. The van der Waals surface area contributed by atoms with E-state index in [1.807, 2.05) is 12.1 Å². The zero-order chi connectivity index (χ0) is 13.8. The molecule has 1 aromatic carbocycles. The fourth-order valence-electron chi connectivity index (χ4n) is 1.80. The first-order valence-electron chi connectivity index (χ1n) is 6.19. The van der Waals surface area contributed by atoms with E-state index in [0.29, 0.717) is 23.2 Å². The minimum atomic E-state index is -0.326. The zero-order valence-electron chi connectivity index (χ0n) is 11.0. The molecule has 0 radical (unpaired) electrons. The first kappa shape index (κ1) is 14.0. The van der Waals surface area contributed by atoms with Crippen LogP contribution in [0.25, 0.3) is 11.1 Å². The second-order valence-corrected chi connectivity index (χ2v) is 5.10. The van der Waals surface area contributed by atoms with Crippen LogP contribution in [0.5, 0.6) is 0 Å². The molecule has 0 amide bonds. The molecule has 0 aliphatic rings. The van der Waals surface area contributed by atoms with E-state index >= 15 is 0 Å². The smallest absolute Gasteiger partial charge is 0.149 e. The van der Waals surface area contributed by atoms with Gasteiger partial charge in [0.25, 0.3) is 0 Å². The van der Waals surface area contributed by atoms with Crippen LogP contribution in [-0.2, 0) is 6.54 Å². The fourth-order valence-corrected chi connectivity index (χ4v) is 1.99. The number of hydrogen-bond acceptors (Lipinski definition) is 2. The van der Waals surface area contributed by atoms with Crippen molar-refractivity contribution in [3.8, 4) is 11.1 Å². The monoisotopic (exact) mass is 278 g/mol. The van der Waals surface area contributed by atoms with Crippen LogP contribution in [-0.4, -0.2) is 11.0 Å². The Kier molecular flexibility index (Phi) is 4.51. The molecular weight excluding hydrogens is 263 g/mol. The summed E-state index contributed by atoms with van der Waals surface area (Å²) in [6.45, 7) is 4.80. The summed E-state index contributed by atoms with van der Waals surface area (Å²) in [6.07, 6.45) is 2.80. The third-order valence-corrected chi connectivity index (χ3v) is 3.20. The molecule has 0 spiro atoms. The van der Waals surface area contributed by atoms with Crippen LogP contribution >= 0.6 is 11.6 Å². The van der Waals surface area contributed by atoms with Crippen LogP contribution in [0.15, 0.2) is 36.7 Å². The van der Waals surface area contributed by atoms with E-state index in [4.69, 9.17) is 11.6 Å². The molecule has 19 heavy (non-hydrogen) atoms. The van der Waals surface area contributed by atoms with Gasteiger partial charge in [-0.05, 0) is 29.3 Å². The van der Waals surface area contributed by atoms with Crippen LogP contribution in [0.1, 0.15) is 19.4 Å². The maximum atomic E-state index is 13.7. The summed E-state index contributed by atoms with van der Waals surface area (Å²) in [6, 6.07) is 7.57. The number of hydrogen-bond donors (Lipinski definition) is 1. The van der Waals surface area contributed by atoms with Gasteiger partial charge in [-0.15, -0.1) is 0 Å². The Hall–Kier alpha value is -1.45. The van der Waals surface area contributed by atoms with E-state index in [1.54, 1.807) is 18.3 Å². The van der Waals surface area contributed by atoms with Crippen molar-refractivity contribution >= 4 is 11.6 Å². The van der Waals surface area contributed by atoms with E-state index in [2.05, 4.69) is 24.1 Å². The average molecular weight is 279 g/mol. The van der Waals surface area contributed by atoms with Crippen molar-refractivity contribution in [1.82, 2.24) is 10.3 Å². The average Bonchev–Trinajstić information content (AvgIpc) is 2.38. The molecule has 1 N–H and O–H groups in total. The lowest BCUT2D eigenvalue weighted by Gasteiger charge is -2.11. The molecule has 0 unspecified atom stereocenters. The summed E-state index contributed by atoms with van der Waals surface area (Å²) < 4.78 is 13.7. The van der Waals surface area contributed by atoms with Crippen molar-refractivity contribution < 1.29 is 4.39 Å². The Bertz CT molecular complexity index is 570. The first-order valence-corrected chi connectivity index (χ1v) is 6.57. The summed E-state index contributed by atoms with van der Waals surface area (Å²) in [7, 11) is 0. The molecule has 2 rings (SSSR count). The van der Waals surface area contributed by atoms with Crippen LogP contribution < -0.4 is 5.32 Å². The van der Waals surface area contributed by atoms with Crippen LogP contribution in [0.4, 0.5) is 4.39 Å². The predicted molar refractivity (Wildman–Crippen MR) is 76.6 cm³/mol. The second kappa shape index (κ2) is 6.13. The Morgan fingerprint density at radius 2 is 2.11 bits per heavy atom. The molecule has 0 saturated heterocycles. The quantitative estimate of drug-likeness (QED) is 0.913. The molecule has 0 aliphatic heterocycles. The highest BCUT2D eigenvalue weighted by molar-refractivity contribution is 6.31. The topological polar surface area (TPSA) is 24.9 Å². The zero-order valence-corrected chi connectivity index (χ0v) is 11.7. The van der Waals surface area contributed by atoms with Crippen molar-refractivity contribution in [2.45, 2.75) is 26.4 Å². The molecule has 2 nitrogen and oxygen atoms in total. The molecule has 1 aromatic heterocycles. The summed E-state index contributed by atoms with van der Waals surface area (Å²) in [4.78, 5) is 3.76. The molecule has 0 fully saturated rings. The van der Waals surface area contributed by atoms with Gasteiger partial charge < -0.3 is 5.32 Å². The largest absolute Gasteiger partial charge is 0.310 e. The minimum absolute atomic E-state index is 0.326. The van der Waals surface area contributed by atoms with Crippen molar-refractivity contribution in [3.63, 3.8) is 0 Å². The Balaban J connectivity index is 2.33. The van der Waals surface area contributed by atoms with Crippen molar-refractivity contribution in [2.75, 3.05) is 0 Å². The molecule has 100 valence electrons. The molecule has 0 bridgehead atoms. The molecule has 2 aromatic rings. The molecule has 4 heteroatoms. The Morgan fingerprint density at radius 3 is 2.79 bits per heavy atom. The van der Waals surface area contributed by atoms with Gasteiger partial charge >= 0.3 is 0 Å². The fraction of sp³-hybridized carbons (Fsp3) is 0.267. The van der Waals surface area contributed by atoms with E-state index in [1.165, 1.54) is 6.20 Å². The second-order valence-electron chi connectivity index (χ2n) is 4.70. The SMILES string of the molecule is CC(C)NCc1cc(-c2ccncc2F)ccc1Cl. The van der Waals surface area contributed by atoms with Gasteiger partial charge in [-0.3, -0.25) is 4.98 Å². The maximum Gasteiger partial charge on any atom is 0.149 e. The highest BCUT2D eigenvalue weighted by Crippen LogP contribution is 2.26. The maximum absolute atomic E-state index is 13.7. The van der Waals surface area contributed by atoms with Crippen LogP contribution in [0.3, 0.4) is 0 Å². The number of nitrogens with one attached hydrogen (secondary N) is 1. The molecule has 0 aliphatic carbocycles. The third-order valence-electron chi connectivity index (χ3n) is 2.83. The Labute approximate surface area is 117 Å². The van der Waals surface area contributed by atoms with Gasteiger partial charge in [-0.1, -0.05) is 31.5 Å². The van der Waals surface area contributed by atoms with Gasteiger partial charge in [0.2, 0.25) is 0 Å². The molecule has 0 saturated carbocycles. The summed E-state index contributed by atoms with van der Waals surface area (Å²) in [5.74, 6) is -0.326. The van der Waals surface area contributed by atoms with Gasteiger partial charge in [0.1, 0.15) is 5.82 Å². The third kappa shape index (κ3) is 3.52. The summed E-state index contributed by atoms with van der Waals surface area (Å²) >= 11 is 6.16. The highest BCUT2D eigenvalue weighted by Gasteiger charge is 2.08. The number of aromatic nitrogens is 1. The summed E-state index contributed by atoms with van der Waals surface area (Å²) in [5.41, 5.74) is 2.31. The molecule has 0 atom stereocenters. The van der Waals surface area contributed by atoms with Crippen molar-refractivity contribution in [1.29, 1.82) is 0 Å². The summed E-state index contributed by atoms with van der Waals surface area (Å²) in [5, 5.41) is 3.99. The van der Waals surface area contributed by atoms with Gasteiger partial charge in [0.15, 0.2) is 0 Å². The van der Waals surface area contributed by atoms with E-state index in [-0.39, 0.29) is 5.82 Å². The minimum Gasteiger partial charge on any atom is -0.310 e. The van der Waals surface area contributed by atoms with Crippen molar-refractivity contribution in [3.05, 3.63) is 53.1 Å². The van der Waals surface area contributed by atoms with E-state index in [9.17, 15) is 4.39 Å². The number of benzene rings is 1.